The molecule has 0 aliphatic heterocycles. The van der Waals surface area contributed by atoms with E-state index in [0.29, 0.717) is 18.0 Å². The summed E-state index contributed by atoms with van der Waals surface area (Å²) in [5.74, 6) is -0.316. The molecule has 1 aromatic heterocycles. The predicted molar refractivity (Wildman–Crippen MR) is 87.4 cm³/mol. The number of nitrogens with one attached hydrogen (secondary N) is 1. The first-order chi connectivity index (χ1) is 11.1. The number of nitrogens with zero attached hydrogens (tertiary/aromatic N) is 2. The van der Waals surface area contributed by atoms with Crippen molar-refractivity contribution < 1.29 is 19.4 Å². The number of rotatable bonds is 8. The highest BCUT2D eigenvalue weighted by Crippen LogP contribution is 2.19. The fraction of sp³-hybridized carbons (Fsp3) is 0.267. The van der Waals surface area contributed by atoms with Gasteiger partial charge in [-0.2, -0.15) is 5.10 Å². The molecular formula is C15H17N3O4S. The molecule has 1 heterocycles. The van der Waals surface area contributed by atoms with Crippen LogP contribution in [0.25, 0.3) is 5.69 Å². The molecule has 0 saturated heterocycles. The first-order valence-electron chi connectivity index (χ1n) is 6.88. The molecule has 0 atom stereocenters. The van der Waals surface area contributed by atoms with Gasteiger partial charge in [0.15, 0.2) is 11.4 Å². The smallest absolute Gasteiger partial charge is 0.313 e. The van der Waals surface area contributed by atoms with Crippen molar-refractivity contribution in [3.8, 4) is 11.4 Å². The summed E-state index contributed by atoms with van der Waals surface area (Å²) in [6.07, 6.45) is 1.64. The maximum absolute atomic E-state index is 12.2. The van der Waals surface area contributed by atoms with Gasteiger partial charge in [0.2, 0.25) is 0 Å². The van der Waals surface area contributed by atoms with Crippen molar-refractivity contribution in [2.45, 2.75) is 0 Å². The molecule has 2 rings (SSSR count). The number of carbonyl (C=O) groups is 2. The van der Waals surface area contributed by atoms with Crippen molar-refractivity contribution in [3.63, 3.8) is 0 Å². The molecule has 0 fully saturated rings. The summed E-state index contributed by atoms with van der Waals surface area (Å²) in [4.78, 5) is 22.6. The van der Waals surface area contributed by atoms with Crippen molar-refractivity contribution >= 4 is 23.6 Å². The van der Waals surface area contributed by atoms with Gasteiger partial charge in [-0.3, -0.25) is 9.59 Å². The molecule has 0 radical (unpaired) electrons. The van der Waals surface area contributed by atoms with Gasteiger partial charge in [0.1, 0.15) is 0 Å². The lowest BCUT2D eigenvalue weighted by molar-refractivity contribution is -0.133. The molecule has 23 heavy (non-hydrogen) atoms. The second-order valence-corrected chi connectivity index (χ2v) is 5.63. The van der Waals surface area contributed by atoms with Crippen LogP contribution in [0, 0.1) is 0 Å². The third-order valence-corrected chi connectivity index (χ3v) is 3.84. The van der Waals surface area contributed by atoms with Gasteiger partial charge >= 0.3 is 5.97 Å². The lowest BCUT2D eigenvalue weighted by atomic mass is 10.3. The Hall–Kier alpha value is -2.48. The Bertz CT molecular complexity index is 673. The lowest BCUT2D eigenvalue weighted by Crippen LogP contribution is -2.27. The van der Waals surface area contributed by atoms with E-state index in [1.54, 1.807) is 10.9 Å². The first kappa shape index (κ1) is 16.9. The lowest BCUT2D eigenvalue weighted by Gasteiger charge is -2.03. The summed E-state index contributed by atoms with van der Waals surface area (Å²) in [7, 11) is 1.48. The molecule has 0 aliphatic carbocycles. The van der Waals surface area contributed by atoms with E-state index in [9.17, 15) is 9.59 Å². The molecule has 0 bridgehead atoms. The number of carboxylic acids is 1. The number of methoxy groups -OCH3 is 1. The number of para-hydroxylation sites is 1. The van der Waals surface area contributed by atoms with Gasteiger partial charge in [-0.1, -0.05) is 18.2 Å². The summed E-state index contributed by atoms with van der Waals surface area (Å²) in [6.45, 7) is 0.359. The van der Waals surface area contributed by atoms with Crippen LogP contribution in [0.15, 0.2) is 36.5 Å². The number of aromatic nitrogens is 2. The Morgan fingerprint density at radius 3 is 2.74 bits per heavy atom. The van der Waals surface area contributed by atoms with Crippen LogP contribution in [0.2, 0.25) is 0 Å². The summed E-state index contributed by atoms with van der Waals surface area (Å²) < 4.78 is 6.78. The molecule has 122 valence electrons. The average Bonchev–Trinajstić information content (AvgIpc) is 2.99. The number of amides is 1. The average molecular weight is 335 g/mol. The van der Waals surface area contributed by atoms with Gasteiger partial charge < -0.3 is 15.2 Å². The maximum atomic E-state index is 12.2. The zero-order valence-corrected chi connectivity index (χ0v) is 13.4. The van der Waals surface area contributed by atoms with E-state index in [4.69, 9.17) is 9.84 Å². The number of benzene rings is 1. The number of hydrogen-bond donors (Lipinski definition) is 2. The van der Waals surface area contributed by atoms with Crippen LogP contribution in [-0.4, -0.2) is 51.9 Å². The van der Waals surface area contributed by atoms with E-state index in [-0.39, 0.29) is 17.4 Å². The second kappa shape index (κ2) is 8.23. The molecule has 0 spiro atoms. The van der Waals surface area contributed by atoms with Crippen LogP contribution in [-0.2, 0) is 4.79 Å². The van der Waals surface area contributed by atoms with Crippen molar-refractivity contribution in [1.29, 1.82) is 0 Å². The highest BCUT2D eigenvalue weighted by atomic mass is 32.2. The van der Waals surface area contributed by atoms with Crippen LogP contribution in [0.4, 0.5) is 0 Å². The van der Waals surface area contributed by atoms with E-state index >= 15 is 0 Å². The summed E-state index contributed by atoms with van der Waals surface area (Å²) in [5.41, 5.74) is 1.02. The van der Waals surface area contributed by atoms with Crippen molar-refractivity contribution in [2.75, 3.05) is 25.2 Å². The Labute approximate surface area is 137 Å². The zero-order chi connectivity index (χ0) is 16.7. The Balaban J connectivity index is 1.99. The molecule has 0 aliphatic rings. The highest BCUT2D eigenvalue weighted by Gasteiger charge is 2.17. The molecule has 0 saturated carbocycles. The monoisotopic (exact) mass is 335 g/mol. The Kier molecular flexibility index (Phi) is 6.04. The quantitative estimate of drug-likeness (QED) is 0.709. The van der Waals surface area contributed by atoms with Gasteiger partial charge in [-0.15, -0.1) is 11.8 Å². The summed E-state index contributed by atoms with van der Waals surface area (Å²) in [5, 5.41) is 15.5. The van der Waals surface area contributed by atoms with Gasteiger partial charge in [0.05, 0.1) is 24.7 Å². The minimum Gasteiger partial charge on any atom is -0.493 e. The fourth-order valence-electron chi connectivity index (χ4n) is 1.86. The van der Waals surface area contributed by atoms with Gasteiger partial charge in [-0.25, -0.2) is 4.68 Å². The molecular weight excluding hydrogens is 318 g/mol. The molecule has 2 aromatic rings. The van der Waals surface area contributed by atoms with E-state index in [2.05, 4.69) is 10.4 Å². The van der Waals surface area contributed by atoms with E-state index in [1.807, 2.05) is 30.3 Å². The van der Waals surface area contributed by atoms with Crippen molar-refractivity contribution in [1.82, 2.24) is 15.1 Å². The number of carbonyl (C=O) groups excluding carboxylic acids is 1. The van der Waals surface area contributed by atoms with Crippen molar-refractivity contribution in [2.24, 2.45) is 0 Å². The minimum atomic E-state index is -0.871. The maximum Gasteiger partial charge on any atom is 0.313 e. The minimum absolute atomic E-state index is 0.0157. The molecule has 0 unspecified atom stereocenters. The summed E-state index contributed by atoms with van der Waals surface area (Å²) in [6, 6.07) is 9.39. The van der Waals surface area contributed by atoms with Gasteiger partial charge in [-0.05, 0) is 12.1 Å². The van der Waals surface area contributed by atoms with Gasteiger partial charge in [0, 0.05) is 12.3 Å². The Morgan fingerprint density at radius 2 is 2.09 bits per heavy atom. The van der Waals surface area contributed by atoms with Crippen LogP contribution in [0.5, 0.6) is 5.75 Å². The number of aliphatic carboxylic acids is 1. The standard InChI is InChI=1S/C15H17N3O4S/c1-22-12-9-18(11-5-3-2-4-6-11)17-14(12)15(21)16-7-8-23-10-13(19)20/h2-6,9H,7-8,10H2,1H3,(H,16,21)(H,19,20). The number of hydrogen-bond acceptors (Lipinski definition) is 5. The first-order valence-corrected chi connectivity index (χ1v) is 8.04. The fourth-order valence-corrected chi connectivity index (χ4v) is 2.42. The molecule has 2 N–H and O–H groups in total. The van der Waals surface area contributed by atoms with Crippen LogP contribution in [0.1, 0.15) is 10.5 Å². The largest absolute Gasteiger partial charge is 0.493 e. The van der Waals surface area contributed by atoms with E-state index in [1.165, 1.54) is 18.9 Å². The van der Waals surface area contributed by atoms with E-state index in [0.717, 1.165) is 5.69 Å². The van der Waals surface area contributed by atoms with E-state index < -0.39 is 5.97 Å². The zero-order valence-electron chi connectivity index (χ0n) is 12.6. The summed E-state index contributed by atoms with van der Waals surface area (Å²) >= 11 is 1.24. The third-order valence-electron chi connectivity index (χ3n) is 2.89. The van der Waals surface area contributed by atoms with Crippen LogP contribution < -0.4 is 10.1 Å². The van der Waals surface area contributed by atoms with Crippen molar-refractivity contribution in [3.05, 3.63) is 42.2 Å². The van der Waals surface area contributed by atoms with Gasteiger partial charge in [0.25, 0.3) is 5.91 Å². The normalized spacial score (nSPS) is 10.3. The second-order valence-electron chi connectivity index (χ2n) is 4.53. The molecule has 1 amide bonds. The Morgan fingerprint density at radius 1 is 1.35 bits per heavy atom. The SMILES string of the molecule is COc1cn(-c2ccccc2)nc1C(=O)NCCSCC(=O)O. The molecule has 1 aromatic carbocycles. The molecule has 7 nitrogen and oxygen atoms in total. The topological polar surface area (TPSA) is 93.5 Å². The number of ether oxygens (including phenoxy) is 1. The number of thioether (sulfide) groups is 1. The number of carboxylic acid groups (broad SMARTS) is 1. The highest BCUT2D eigenvalue weighted by molar-refractivity contribution is 7.99. The predicted octanol–water partition coefficient (Wildman–Crippen LogP) is 1.43. The molecule has 8 heteroatoms. The van der Waals surface area contributed by atoms with Crippen LogP contribution >= 0.6 is 11.8 Å². The third kappa shape index (κ3) is 4.75. The van der Waals surface area contributed by atoms with Crippen LogP contribution in [0.3, 0.4) is 0 Å².